The van der Waals surface area contributed by atoms with Crippen LogP contribution in [-0.2, 0) is 9.59 Å². The molecule has 1 atom stereocenters. The number of aliphatic carboxylic acids is 1. The molecule has 2 rings (SSSR count). The number of carbonyl (C=O) groups excluding carboxylic acids is 1. The molecular formula is C15H19NO3. The highest BCUT2D eigenvalue weighted by atomic mass is 16.4. The molecule has 4 heteroatoms. The summed E-state index contributed by atoms with van der Waals surface area (Å²) in [4.78, 5) is 24.9. The third-order valence-electron chi connectivity index (χ3n) is 3.38. The number of aryl methyl sites for hydroxylation is 2. The number of amides is 1. The minimum Gasteiger partial charge on any atom is -0.479 e. The van der Waals surface area contributed by atoms with E-state index in [1.807, 2.05) is 32.0 Å². The molecule has 0 spiro atoms. The summed E-state index contributed by atoms with van der Waals surface area (Å²) in [6, 6.07) is 4.91. The van der Waals surface area contributed by atoms with Gasteiger partial charge in [0.15, 0.2) is 6.04 Å². The lowest BCUT2D eigenvalue weighted by molar-refractivity contribution is -0.150. The molecule has 0 aromatic heterocycles. The molecule has 1 saturated carbocycles. The maximum Gasteiger partial charge on any atom is 0.331 e. The number of hydrogen-bond acceptors (Lipinski definition) is 2. The van der Waals surface area contributed by atoms with E-state index in [1.54, 1.807) is 0 Å². The summed E-state index contributed by atoms with van der Waals surface area (Å²) in [7, 11) is 0. The zero-order chi connectivity index (χ0) is 14.2. The highest BCUT2D eigenvalue weighted by Gasteiger charge is 2.40. The van der Waals surface area contributed by atoms with E-state index in [9.17, 15) is 14.7 Å². The number of carboxylic acid groups (broad SMARTS) is 1. The van der Waals surface area contributed by atoms with Crippen LogP contribution in [0.25, 0.3) is 0 Å². The topological polar surface area (TPSA) is 57.6 Å². The first kappa shape index (κ1) is 13.6. The van der Waals surface area contributed by atoms with Crippen LogP contribution in [0.4, 0.5) is 0 Å². The van der Waals surface area contributed by atoms with Gasteiger partial charge < -0.3 is 10.0 Å². The number of benzene rings is 1. The molecule has 1 unspecified atom stereocenters. The second-order valence-electron chi connectivity index (χ2n) is 5.32. The Morgan fingerprint density at radius 3 is 2.11 bits per heavy atom. The van der Waals surface area contributed by atoms with Gasteiger partial charge in [0, 0.05) is 13.0 Å². The van der Waals surface area contributed by atoms with E-state index in [-0.39, 0.29) is 11.9 Å². The van der Waals surface area contributed by atoms with E-state index in [0.717, 1.165) is 24.0 Å². The lowest BCUT2D eigenvalue weighted by Gasteiger charge is -2.28. The lowest BCUT2D eigenvalue weighted by Crippen LogP contribution is -2.39. The summed E-state index contributed by atoms with van der Waals surface area (Å²) in [6.45, 7) is 5.31. The fraction of sp³-hybridized carbons (Fsp3) is 0.467. The molecule has 19 heavy (non-hydrogen) atoms. The van der Waals surface area contributed by atoms with Crippen molar-refractivity contribution in [1.29, 1.82) is 0 Å². The Morgan fingerprint density at radius 2 is 1.74 bits per heavy atom. The van der Waals surface area contributed by atoms with Crippen LogP contribution >= 0.6 is 0 Å². The Hall–Kier alpha value is -1.84. The number of carbonyl (C=O) groups is 2. The summed E-state index contributed by atoms with van der Waals surface area (Å²) in [5.74, 6) is -1.14. The lowest BCUT2D eigenvalue weighted by atomic mass is 10.00. The molecule has 4 nitrogen and oxygen atoms in total. The van der Waals surface area contributed by atoms with E-state index in [4.69, 9.17) is 0 Å². The second-order valence-corrected chi connectivity index (χ2v) is 5.32. The SMILES string of the molecule is CC(=O)N(C1CC1)C(C(=O)O)c1cc(C)cc(C)c1. The highest BCUT2D eigenvalue weighted by molar-refractivity contribution is 5.84. The summed E-state index contributed by atoms with van der Waals surface area (Å²) in [6.07, 6.45) is 1.79. The fourth-order valence-electron chi connectivity index (χ4n) is 2.59. The van der Waals surface area contributed by atoms with Gasteiger partial charge in [-0.1, -0.05) is 29.3 Å². The summed E-state index contributed by atoms with van der Waals surface area (Å²) in [5.41, 5.74) is 2.72. The molecule has 0 heterocycles. The molecule has 1 aromatic rings. The average Bonchev–Trinajstić information content (AvgIpc) is 3.06. The van der Waals surface area contributed by atoms with E-state index < -0.39 is 12.0 Å². The number of nitrogens with zero attached hydrogens (tertiary/aromatic N) is 1. The molecule has 1 aliphatic carbocycles. The molecule has 0 radical (unpaired) electrons. The van der Waals surface area contributed by atoms with Crippen LogP contribution in [0.1, 0.15) is 42.5 Å². The molecule has 1 amide bonds. The van der Waals surface area contributed by atoms with Crippen molar-refractivity contribution in [2.24, 2.45) is 0 Å². The number of rotatable bonds is 4. The van der Waals surface area contributed by atoms with Gasteiger partial charge in [-0.05, 0) is 32.3 Å². The van der Waals surface area contributed by atoms with Gasteiger partial charge in [0.25, 0.3) is 0 Å². The predicted molar refractivity (Wildman–Crippen MR) is 71.8 cm³/mol. The Balaban J connectivity index is 2.43. The van der Waals surface area contributed by atoms with Gasteiger partial charge in [-0.2, -0.15) is 0 Å². The standard InChI is InChI=1S/C15H19NO3/c1-9-6-10(2)8-12(7-9)14(15(18)19)16(11(3)17)13-4-5-13/h6-8,13-14H,4-5H2,1-3H3,(H,18,19). The maximum atomic E-state index is 11.8. The summed E-state index contributed by atoms with van der Waals surface area (Å²) >= 11 is 0. The molecule has 1 fully saturated rings. The molecule has 0 saturated heterocycles. The van der Waals surface area contributed by atoms with Crippen molar-refractivity contribution in [3.05, 3.63) is 34.9 Å². The van der Waals surface area contributed by atoms with Gasteiger partial charge in [-0.25, -0.2) is 4.79 Å². The highest BCUT2D eigenvalue weighted by Crippen LogP contribution is 2.35. The van der Waals surface area contributed by atoms with E-state index in [0.29, 0.717) is 5.56 Å². The number of hydrogen-bond donors (Lipinski definition) is 1. The van der Waals surface area contributed by atoms with Gasteiger partial charge >= 0.3 is 5.97 Å². The minimum atomic E-state index is -0.966. The first-order valence-corrected chi connectivity index (χ1v) is 6.50. The number of carboxylic acids is 1. The van der Waals surface area contributed by atoms with Crippen molar-refractivity contribution in [1.82, 2.24) is 4.90 Å². The van der Waals surface area contributed by atoms with Crippen molar-refractivity contribution in [3.8, 4) is 0 Å². The third-order valence-corrected chi connectivity index (χ3v) is 3.38. The largest absolute Gasteiger partial charge is 0.479 e. The summed E-state index contributed by atoms with van der Waals surface area (Å²) in [5, 5.41) is 9.51. The molecule has 0 bridgehead atoms. The van der Waals surface area contributed by atoms with Crippen LogP contribution in [-0.4, -0.2) is 27.9 Å². The minimum absolute atomic E-state index is 0.0828. The van der Waals surface area contributed by atoms with Crippen LogP contribution in [0.15, 0.2) is 18.2 Å². The summed E-state index contributed by atoms with van der Waals surface area (Å²) < 4.78 is 0. The van der Waals surface area contributed by atoms with Crippen molar-refractivity contribution in [3.63, 3.8) is 0 Å². The molecule has 0 aliphatic heterocycles. The molecular weight excluding hydrogens is 242 g/mol. The zero-order valence-corrected chi connectivity index (χ0v) is 11.5. The molecule has 1 aromatic carbocycles. The molecule has 1 N–H and O–H groups in total. The van der Waals surface area contributed by atoms with Crippen LogP contribution in [0.5, 0.6) is 0 Å². The Kier molecular flexibility index (Phi) is 3.60. The predicted octanol–water partition coefficient (Wildman–Crippen LogP) is 2.44. The quantitative estimate of drug-likeness (QED) is 0.905. The second kappa shape index (κ2) is 5.03. The first-order valence-electron chi connectivity index (χ1n) is 6.50. The Labute approximate surface area is 113 Å². The van der Waals surface area contributed by atoms with Crippen molar-refractivity contribution in [2.45, 2.75) is 45.7 Å². The Bertz CT molecular complexity index is 500. The van der Waals surface area contributed by atoms with Crippen LogP contribution in [0.2, 0.25) is 0 Å². The van der Waals surface area contributed by atoms with Crippen molar-refractivity contribution in [2.75, 3.05) is 0 Å². The average molecular weight is 261 g/mol. The van der Waals surface area contributed by atoms with E-state index in [2.05, 4.69) is 0 Å². The van der Waals surface area contributed by atoms with E-state index >= 15 is 0 Å². The van der Waals surface area contributed by atoms with E-state index in [1.165, 1.54) is 11.8 Å². The smallest absolute Gasteiger partial charge is 0.331 e. The van der Waals surface area contributed by atoms with Gasteiger partial charge in [0.2, 0.25) is 5.91 Å². The van der Waals surface area contributed by atoms with Crippen LogP contribution in [0.3, 0.4) is 0 Å². The third kappa shape index (κ3) is 2.95. The van der Waals surface area contributed by atoms with Gasteiger partial charge in [-0.15, -0.1) is 0 Å². The van der Waals surface area contributed by atoms with Gasteiger partial charge in [-0.3, -0.25) is 4.79 Å². The Morgan fingerprint density at radius 1 is 1.21 bits per heavy atom. The van der Waals surface area contributed by atoms with Gasteiger partial charge in [0.1, 0.15) is 0 Å². The van der Waals surface area contributed by atoms with Crippen LogP contribution < -0.4 is 0 Å². The van der Waals surface area contributed by atoms with Crippen molar-refractivity contribution < 1.29 is 14.7 Å². The molecule has 102 valence electrons. The normalized spacial score (nSPS) is 15.9. The van der Waals surface area contributed by atoms with Gasteiger partial charge in [0.05, 0.1) is 0 Å². The monoisotopic (exact) mass is 261 g/mol. The zero-order valence-electron chi connectivity index (χ0n) is 11.5. The molecule has 1 aliphatic rings. The first-order chi connectivity index (χ1) is 8.90. The maximum absolute atomic E-state index is 11.8. The van der Waals surface area contributed by atoms with Crippen molar-refractivity contribution >= 4 is 11.9 Å². The van der Waals surface area contributed by atoms with Crippen LogP contribution in [0, 0.1) is 13.8 Å². The fourth-order valence-corrected chi connectivity index (χ4v) is 2.59.